The van der Waals surface area contributed by atoms with Gasteiger partial charge in [-0.15, -0.1) is 0 Å². The standard InChI is InChI=1S/C28H27FN2O6/c1-35-24-15-20(16-25(36-2)27(24)37-3)14-22(21-6-4-5-7-23(21)29)28(33)30-17-19-10-8-18(9-11-19)12-13-26(32)31-34/h4-16,34H,17H2,1-3H3,(H,30,33)(H,31,32)/b13-12+,22-14?. The van der Waals surface area contributed by atoms with Crippen LogP contribution < -0.4 is 25.0 Å². The average molecular weight is 507 g/mol. The van der Waals surface area contributed by atoms with Crippen LogP contribution in [0, 0.1) is 5.82 Å². The lowest BCUT2D eigenvalue weighted by atomic mass is 10.0. The molecule has 3 aromatic carbocycles. The van der Waals surface area contributed by atoms with Gasteiger partial charge < -0.3 is 19.5 Å². The van der Waals surface area contributed by atoms with Crippen molar-refractivity contribution in [2.45, 2.75) is 6.54 Å². The van der Waals surface area contributed by atoms with E-state index in [4.69, 9.17) is 19.4 Å². The Morgan fingerprint density at radius 1 is 0.919 bits per heavy atom. The zero-order valence-electron chi connectivity index (χ0n) is 20.6. The maximum Gasteiger partial charge on any atom is 0.267 e. The van der Waals surface area contributed by atoms with Crippen LogP contribution in [-0.2, 0) is 16.1 Å². The summed E-state index contributed by atoms with van der Waals surface area (Å²) in [4.78, 5) is 24.4. The molecule has 0 aliphatic rings. The fourth-order valence-electron chi connectivity index (χ4n) is 3.53. The van der Waals surface area contributed by atoms with Crippen molar-refractivity contribution in [3.05, 3.63) is 94.8 Å². The van der Waals surface area contributed by atoms with E-state index in [9.17, 15) is 14.0 Å². The van der Waals surface area contributed by atoms with Crippen LogP contribution in [0.2, 0.25) is 0 Å². The molecular formula is C28H27FN2O6. The van der Waals surface area contributed by atoms with Crippen molar-refractivity contribution < 1.29 is 33.4 Å². The Hall–Kier alpha value is -4.63. The number of benzene rings is 3. The van der Waals surface area contributed by atoms with Crippen LogP contribution in [0.3, 0.4) is 0 Å². The van der Waals surface area contributed by atoms with Crippen molar-refractivity contribution in [1.82, 2.24) is 10.8 Å². The Balaban J connectivity index is 1.90. The third kappa shape index (κ3) is 6.96. The zero-order chi connectivity index (χ0) is 26.8. The molecule has 0 radical (unpaired) electrons. The number of amides is 2. The molecule has 0 aliphatic heterocycles. The first-order chi connectivity index (χ1) is 17.9. The normalized spacial score (nSPS) is 11.2. The summed E-state index contributed by atoms with van der Waals surface area (Å²) in [5.41, 5.74) is 3.83. The van der Waals surface area contributed by atoms with E-state index in [1.807, 2.05) is 0 Å². The molecule has 0 saturated carbocycles. The van der Waals surface area contributed by atoms with Crippen molar-refractivity contribution in [2.24, 2.45) is 0 Å². The monoisotopic (exact) mass is 506 g/mol. The van der Waals surface area contributed by atoms with Gasteiger partial charge in [0.05, 0.1) is 26.9 Å². The highest BCUT2D eigenvalue weighted by molar-refractivity contribution is 6.24. The van der Waals surface area contributed by atoms with Crippen LogP contribution in [0.5, 0.6) is 17.2 Å². The number of carbonyl (C=O) groups is 2. The quantitative estimate of drug-likeness (QED) is 0.165. The fourth-order valence-corrected chi connectivity index (χ4v) is 3.53. The van der Waals surface area contributed by atoms with Gasteiger partial charge in [0.1, 0.15) is 5.82 Å². The molecule has 0 heterocycles. The largest absolute Gasteiger partial charge is 0.493 e. The van der Waals surface area contributed by atoms with Gasteiger partial charge in [0.15, 0.2) is 11.5 Å². The van der Waals surface area contributed by atoms with Crippen LogP contribution in [0.15, 0.2) is 66.7 Å². The number of methoxy groups -OCH3 is 3. The summed E-state index contributed by atoms with van der Waals surface area (Å²) in [5, 5.41) is 11.4. The Kier molecular flexibility index (Phi) is 9.40. The van der Waals surface area contributed by atoms with Gasteiger partial charge in [0.2, 0.25) is 5.75 Å². The molecule has 0 aliphatic carbocycles. The van der Waals surface area contributed by atoms with Crippen LogP contribution >= 0.6 is 0 Å². The summed E-state index contributed by atoms with van der Waals surface area (Å²) in [6.45, 7) is 0.182. The summed E-state index contributed by atoms with van der Waals surface area (Å²) < 4.78 is 30.9. The van der Waals surface area contributed by atoms with Crippen LogP contribution in [0.4, 0.5) is 4.39 Å². The van der Waals surface area contributed by atoms with E-state index in [0.29, 0.717) is 22.8 Å². The van der Waals surface area contributed by atoms with Gasteiger partial charge in [-0.05, 0) is 47.0 Å². The molecule has 0 unspecified atom stereocenters. The number of hydrogen-bond acceptors (Lipinski definition) is 6. The van der Waals surface area contributed by atoms with Crippen LogP contribution in [0.25, 0.3) is 17.7 Å². The third-order valence-corrected chi connectivity index (χ3v) is 5.38. The predicted octanol–water partition coefficient (Wildman–Crippen LogP) is 4.23. The van der Waals surface area contributed by atoms with E-state index in [0.717, 1.165) is 11.1 Å². The SMILES string of the molecule is COc1cc(C=C(C(=O)NCc2ccc(/C=C/C(=O)NO)cc2)c2ccccc2F)cc(OC)c1OC. The molecule has 0 bridgehead atoms. The predicted molar refractivity (Wildman–Crippen MR) is 138 cm³/mol. The number of rotatable bonds is 10. The molecule has 0 atom stereocenters. The van der Waals surface area contributed by atoms with E-state index in [1.165, 1.54) is 51.1 Å². The van der Waals surface area contributed by atoms with E-state index in [1.54, 1.807) is 54.6 Å². The van der Waals surface area contributed by atoms with E-state index < -0.39 is 17.6 Å². The third-order valence-electron chi connectivity index (χ3n) is 5.38. The van der Waals surface area contributed by atoms with Crippen molar-refractivity contribution >= 4 is 29.5 Å². The van der Waals surface area contributed by atoms with Gasteiger partial charge in [-0.25, -0.2) is 9.87 Å². The number of hydroxylamine groups is 1. The average Bonchev–Trinajstić information content (AvgIpc) is 2.93. The Morgan fingerprint density at radius 2 is 1.57 bits per heavy atom. The maximum absolute atomic E-state index is 14.7. The highest BCUT2D eigenvalue weighted by Crippen LogP contribution is 2.39. The number of halogens is 1. The highest BCUT2D eigenvalue weighted by Gasteiger charge is 2.18. The first-order valence-corrected chi connectivity index (χ1v) is 11.2. The molecule has 192 valence electrons. The summed E-state index contributed by atoms with van der Waals surface area (Å²) >= 11 is 0. The molecule has 0 fully saturated rings. The Labute approximate surface area is 213 Å². The lowest BCUT2D eigenvalue weighted by molar-refractivity contribution is -0.124. The van der Waals surface area contributed by atoms with Crippen LogP contribution in [0.1, 0.15) is 22.3 Å². The molecule has 3 rings (SSSR count). The topological polar surface area (TPSA) is 106 Å². The van der Waals surface area contributed by atoms with Gasteiger partial charge in [0, 0.05) is 18.2 Å². The number of carbonyl (C=O) groups excluding carboxylic acids is 2. The molecule has 3 aromatic rings. The molecule has 0 saturated heterocycles. The smallest absolute Gasteiger partial charge is 0.267 e. The first-order valence-electron chi connectivity index (χ1n) is 11.2. The number of nitrogens with one attached hydrogen (secondary N) is 2. The van der Waals surface area contributed by atoms with Gasteiger partial charge in [0.25, 0.3) is 11.8 Å². The molecule has 8 nitrogen and oxygen atoms in total. The molecule has 3 N–H and O–H groups in total. The van der Waals surface area contributed by atoms with Crippen LogP contribution in [-0.4, -0.2) is 38.4 Å². The minimum Gasteiger partial charge on any atom is -0.493 e. The second kappa shape index (κ2) is 12.9. The van der Waals surface area contributed by atoms with Crippen molar-refractivity contribution in [2.75, 3.05) is 21.3 Å². The summed E-state index contributed by atoms with van der Waals surface area (Å²) in [6, 6.07) is 16.4. The number of hydrogen-bond donors (Lipinski definition) is 3. The minimum absolute atomic E-state index is 0.113. The number of ether oxygens (including phenoxy) is 3. The van der Waals surface area contributed by atoms with Gasteiger partial charge in [-0.2, -0.15) is 0 Å². The van der Waals surface area contributed by atoms with Gasteiger partial charge >= 0.3 is 0 Å². The van der Waals surface area contributed by atoms with E-state index >= 15 is 0 Å². The molecule has 0 spiro atoms. The zero-order valence-corrected chi connectivity index (χ0v) is 20.6. The molecule has 2 amide bonds. The van der Waals surface area contributed by atoms with Gasteiger partial charge in [-0.3, -0.25) is 14.8 Å². The molecular weight excluding hydrogens is 479 g/mol. The molecule has 9 heteroatoms. The fraction of sp³-hybridized carbons (Fsp3) is 0.143. The van der Waals surface area contributed by atoms with Crippen molar-refractivity contribution in [3.63, 3.8) is 0 Å². The van der Waals surface area contributed by atoms with Crippen molar-refractivity contribution in [3.8, 4) is 17.2 Å². The summed E-state index contributed by atoms with van der Waals surface area (Å²) in [5.74, 6) is -0.480. The minimum atomic E-state index is -0.643. The second-order valence-electron chi connectivity index (χ2n) is 7.73. The lowest BCUT2D eigenvalue weighted by Gasteiger charge is -2.14. The first kappa shape index (κ1) is 27.0. The summed E-state index contributed by atoms with van der Waals surface area (Å²) in [7, 11) is 4.46. The second-order valence-corrected chi connectivity index (χ2v) is 7.73. The Bertz CT molecular complexity index is 1290. The molecule has 0 aromatic heterocycles. The van der Waals surface area contributed by atoms with E-state index in [-0.39, 0.29) is 17.7 Å². The maximum atomic E-state index is 14.7. The summed E-state index contributed by atoms with van der Waals surface area (Å²) in [6.07, 6.45) is 4.27. The van der Waals surface area contributed by atoms with E-state index in [2.05, 4.69) is 5.32 Å². The Morgan fingerprint density at radius 3 is 2.14 bits per heavy atom. The van der Waals surface area contributed by atoms with Gasteiger partial charge in [-0.1, -0.05) is 42.5 Å². The molecule has 37 heavy (non-hydrogen) atoms. The lowest BCUT2D eigenvalue weighted by Crippen LogP contribution is -2.24. The van der Waals surface area contributed by atoms with Crippen molar-refractivity contribution in [1.29, 1.82) is 0 Å². The highest BCUT2D eigenvalue weighted by atomic mass is 19.1.